The molecular formula is C16H17N5O2. The molecule has 0 bridgehead atoms. The van der Waals surface area contributed by atoms with Gasteiger partial charge in [-0.15, -0.1) is 6.58 Å². The number of nitrogens with zero attached hydrogens (tertiary/aromatic N) is 2. The third-order valence-electron chi connectivity index (χ3n) is 2.76. The van der Waals surface area contributed by atoms with E-state index in [1.54, 1.807) is 30.3 Å². The van der Waals surface area contributed by atoms with E-state index in [0.717, 1.165) is 5.69 Å². The summed E-state index contributed by atoms with van der Waals surface area (Å²) in [6, 6.07) is 8.59. The van der Waals surface area contributed by atoms with Gasteiger partial charge in [-0.3, -0.25) is 9.59 Å². The summed E-state index contributed by atoms with van der Waals surface area (Å²) in [7, 11) is 0. The van der Waals surface area contributed by atoms with Gasteiger partial charge >= 0.3 is 0 Å². The second-order valence-electron chi connectivity index (χ2n) is 4.65. The van der Waals surface area contributed by atoms with Gasteiger partial charge in [0.1, 0.15) is 5.69 Å². The van der Waals surface area contributed by atoms with E-state index in [9.17, 15) is 9.59 Å². The number of nitrogens with one attached hydrogen (secondary N) is 3. The monoisotopic (exact) mass is 311 g/mol. The summed E-state index contributed by atoms with van der Waals surface area (Å²) >= 11 is 0. The molecule has 0 aliphatic rings. The summed E-state index contributed by atoms with van der Waals surface area (Å²) in [6.45, 7) is 5.36. The zero-order chi connectivity index (χ0) is 16.7. The zero-order valence-electron chi connectivity index (χ0n) is 12.7. The number of carbonyl (C=O) groups excluding carboxylic acids is 2. The van der Waals surface area contributed by atoms with Crippen molar-refractivity contribution in [2.24, 2.45) is 0 Å². The fourth-order valence-corrected chi connectivity index (χ4v) is 1.77. The Labute approximate surface area is 133 Å². The van der Waals surface area contributed by atoms with Crippen molar-refractivity contribution in [3.63, 3.8) is 0 Å². The predicted octanol–water partition coefficient (Wildman–Crippen LogP) is 2.09. The highest BCUT2D eigenvalue weighted by Gasteiger charge is 2.07. The van der Waals surface area contributed by atoms with Crippen molar-refractivity contribution in [3.05, 3.63) is 54.9 Å². The fourth-order valence-electron chi connectivity index (χ4n) is 1.77. The molecule has 0 unspecified atom stereocenters. The van der Waals surface area contributed by atoms with Crippen molar-refractivity contribution in [1.82, 2.24) is 15.3 Å². The summed E-state index contributed by atoms with van der Waals surface area (Å²) < 4.78 is 0. The lowest BCUT2D eigenvalue weighted by molar-refractivity contribution is -0.114. The van der Waals surface area contributed by atoms with E-state index >= 15 is 0 Å². The van der Waals surface area contributed by atoms with Crippen LogP contribution in [0.25, 0.3) is 0 Å². The molecule has 0 saturated carbocycles. The topological polar surface area (TPSA) is 96.0 Å². The summed E-state index contributed by atoms with van der Waals surface area (Å²) in [5, 5.41) is 8.33. The molecule has 0 saturated heterocycles. The van der Waals surface area contributed by atoms with Gasteiger partial charge in [-0.2, -0.15) is 0 Å². The Morgan fingerprint density at radius 1 is 1.17 bits per heavy atom. The fraction of sp³-hybridized carbons (Fsp3) is 0.125. The zero-order valence-corrected chi connectivity index (χ0v) is 12.7. The van der Waals surface area contributed by atoms with Crippen LogP contribution in [0.1, 0.15) is 17.4 Å². The Kier molecular flexibility index (Phi) is 5.40. The summed E-state index contributed by atoms with van der Waals surface area (Å²) in [4.78, 5) is 31.0. The van der Waals surface area contributed by atoms with Crippen LogP contribution in [0.3, 0.4) is 0 Å². The van der Waals surface area contributed by atoms with Crippen LogP contribution in [-0.2, 0) is 4.79 Å². The van der Waals surface area contributed by atoms with Crippen LogP contribution in [-0.4, -0.2) is 28.3 Å². The molecule has 7 nitrogen and oxygen atoms in total. The molecule has 7 heteroatoms. The van der Waals surface area contributed by atoms with Gasteiger partial charge < -0.3 is 16.0 Å². The number of carbonyl (C=O) groups is 2. The van der Waals surface area contributed by atoms with Crippen LogP contribution < -0.4 is 16.0 Å². The molecule has 1 aromatic carbocycles. The summed E-state index contributed by atoms with van der Waals surface area (Å²) in [5.74, 6) is -0.118. The Morgan fingerprint density at radius 3 is 2.52 bits per heavy atom. The number of hydrogen-bond acceptors (Lipinski definition) is 5. The second-order valence-corrected chi connectivity index (χ2v) is 4.65. The third-order valence-corrected chi connectivity index (χ3v) is 2.76. The smallest absolute Gasteiger partial charge is 0.270 e. The number of benzene rings is 1. The maximum absolute atomic E-state index is 11.8. The van der Waals surface area contributed by atoms with Crippen molar-refractivity contribution in [1.29, 1.82) is 0 Å². The summed E-state index contributed by atoms with van der Waals surface area (Å²) in [5.41, 5.74) is 1.70. The first-order valence-electron chi connectivity index (χ1n) is 6.95. The van der Waals surface area contributed by atoms with Gasteiger partial charge in [-0.25, -0.2) is 9.97 Å². The Hall–Kier alpha value is -3.22. The largest absolute Gasteiger partial charge is 0.347 e. The number of aromatic nitrogens is 2. The summed E-state index contributed by atoms with van der Waals surface area (Å²) in [6.07, 6.45) is 3.10. The van der Waals surface area contributed by atoms with Gasteiger partial charge in [0.05, 0.1) is 0 Å². The van der Waals surface area contributed by atoms with Crippen LogP contribution >= 0.6 is 0 Å². The van der Waals surface area contributed by atoms with E-state index in [0.29, 0.717) is 18.2 Å². The first-order chi connectivity index (χ1) is 11.1. The number of anilines is 3. The first-order valence-corrected chi connectivity index (χ1v) is 6.95. The van der Waals surface area contributed by atoms with Crippen LogP contribution in [0.4, 0.5) is 17.3 Å². The minimum Gasteiger partial charge on any atom is -0.347 e. The molecule has 2 amide bonds. The number of hydrogen-bond donors (Lipinski definition) is 3. The highest BCUT2D eigenvalue weighted by Crippen LogP contribution is 2.16. The molecule has 1 aromatic heterocycles. The van der Waals surface area contributed by atoms with Crippen LogP contribution in [0.5, 0.6) is 0 Å². The predicted molar refractivity (Wildman–Crippen MR) is 88.6 cm³/mol. The average molecular weight is 311 g/mol. The molecule has 1 heterocycles. The molecule has 3 N–H and O–H groups in total. The second kappa shape index (κ2) is 7.69. The molecule has 0 spiro atoms. The van der Waals surface area contributed by atoms with Crippen molar-refractivity contribution in [2.75, 3.05) is 17.2 Å². The van der Waals surface area contributed by atoms with E-state index in [2.05, 4.69) is 32.5 Å². The molecule has 2 rings (SSSR count). The van der Waals surface area contributed by atoms with Gasteiger partial charge in [-0.1, -0.05) is 6.08 Å². The van der Waals surface area contributed by atoms with Gasteiger partial charge in [0.25, 0.3) is 5.91 Å². The molecule has 0 fully saturated rings. The molecular weight excluding hydrogens is 294 g/mol. The van der Waals surface area contributed by atoms with Crippen molar-refractivity contribution in [3.8, 4) is 0 Å². The van der Waals surface area contributed by atoms with E-state index < -0.39 is 0 Å². The van der Waals surface area contributed by atoms with E-state index in [1.165, 1.54) is 19.2 Å². The quantitative estimate of drug-likeness (QED) is 0.710. The molecule has 0 aliphatic heterocycles. The molecule has 2 aromatic rings. The molecule has 23 heavy (non-hydrogen) atoms. The maximum atomic E-state index is 11.8. The normalized spacial score (nSPS) is 9.78. The van der Waals surface area contributed by atoms with Gasteiger partial charge in [-0.05, 0) is 30.3 Å². The van der Waals surface area contributed by atoms with Crippen molar-refractivity contribution >= 4 is 29.1 Å². The van der Waals surface area contributed by atoms with E-state index in [1.807, 2.05) is 0 Å². The van der Waals surface area contributed by atoms with Gasteiger partial charge in [0, 0.05) is 31.0 Å². The molecule has 0 atom stereocenters. The van der Waals surface area contributed by atoms with E-state index in [4.69, 9.17) is 0 Å². The number of rotatable bonds is 6. The van der Waals surface area contributed by atoms with Crippen LogP contribution in [0.15, 0.2) is 49.2 Å². The lowest BCUT2D eigenvalue weighted by atomic mass is 10.3. The minimum atomic E-state index is -0.295. The van der Waals surface area contributed by atoms with Crippen LogP contribution in [0, 0.1) is 0 Å². The highest BCUT2D eigenvalue weighted by atomic mass is 16.2. The Bertz CT molecular complexity index is 713. The number of amides is 2. The molecule has 0 aliphatic carbocycles. The minimum absolute atomic E-state index is 0.132. The van der Waals surface area contributed by atoms with Gasteiger partial charge in [0.15, 0.2) is 0 Å². The van der Waals surface area contributed by atoms with Crippen molar-refractivity contribution in [2.45, 2.75) is 6.92 Å². The standard InChI is InChI=1S/C16H17N5O2/c1-3-9-17-15(23)14-8-10-18-16(21-14)20-13-6-4-12(5-7-13)19-11(2)22/h3-8,10H,1,9H2,2H3,(H,17,23)(H,19,22)(H,18,20,21). The van der Waals surface area contributed by atoms with Gasteiger partial charge in [0.2, 0.25) is 11.9 Å². The SMILES string of the molecule is C=CCNC(=O)c1ccnc(Nc2ccc(NC(C)=O)cc2)n1. The van der Waals surface area contributed by atoms with Crippen molar-refractivity contribution < 1.29 is 9.59 Å². The molecule has 0 radical (unpaired) electrons. The lowest BCUT2D eigenvalue weighted by Gasteiger charge is -2.08. The molecule has 118 valence electrons. The Morgan fingerprint density at radius 2 is 1.87 bits per heavy atom. The average Bonchev–Trinajstić information content (AvgIpc) is 2.54. The maximum Gasteiger partial charge on any atom is 0.270 e. The first kappa shape index (κ1) is 16.2. The van der Waals surface area contributed by atoms with Crippen LogP contribution in [0.2, 0.25) is 0 Å². The lowest BCUT2D eigenvalue weighted by Crippen LogP contribution is -2.24. The van der Waals surface area contributed by atoms with E-state index in [-0.39, 0.29) is 17.5 Å². The Balaban J connectivity index is 2.06. The third kappa shape index (κ3) is 4.92. The highest BCUT2D eigenvalue weighted by molar-refractivity contribution is 5.92.